The Morgan fingerprint density at radius 1 is 1.24 bits per heavy atom. The number of carboxylic acid groups (broad SMARTS) is 1. The van der Waals surface area contributed by atoms with Crippen molar-refractivity contribution in [2.24, 2.45) is 17.0 Å². The van der Waals surface area contributed by atoms with Gasteiger partial charge in [-0.05, 0) is 57.6 Å². The van der Waals surface area contributed by atoms with E-state index in [0.717, 1.165) is 44.3 Å². The Morgan fingerprint density at radius 3 is 2.35 bits per heavy atom. The molecule has 10 nitrogen and oxygen atoms in total. The number of carboxylic acids is 1. The maximum atomic E-state index is 12.4. The van der Waals surface area contributed by atoms with E-state index >= 15 is 0 Å². The number of aryl methyl sites for hydroxylation is 1. The molecule has 0 bridgehead atoms. The number of hydrazine groups is 1. The van der Waals surface area contributed by atoms with Crippen molar-refractivity contribution < 1.29 is 24.2 Å². The Morgan fingerprint density at radius 2 is 1.85 bits per heavy atom. The van der Waals surface area contributed by atoms with Gasteiger partial charge in [-0.2, -0.15) is 0 Å². The molecule has 0 radical (unpaired) electrons. The quantitative estimate of drug-likeness (QED) is 0.418. The molecule has 1 aliphatic heterocycles. The number of likely N-dealkylation sites (N-methyl/N-ethyl adjacent to an activating group) is 1. The maximum absolute atomic E-state index is 12.4. The minimum absolute atomic E-state index is 0.00220. The summed E-state index contributed by atoms with van der Waals surface area (Å²) < 4.78 is 11.6. The lowest BCUT2D eigenvalue weighted by Gasteiger charge is -2.55. The fourth-order valence-electron chi connectivity index (χ4n) is 4.63. The monoisotopic (exact) mass is 475 g/mol. The molecule has 1 amide bonds. The lowest BCUT2D eigenvalue weighted by Crippen LogP contribution is -2.61. The van der Waals surface area contributed by atoms with Gasteiger partial charge in [0.2, 0.25) is 0 Å². The third kappa shape index (κ3) is 6.31. The molecule has 0 atom stereocenters. The zero-order chi connectivity index (χ0) is 24.9. The SMILES string of the molecule is CC(=O)O.Cc1nc(/C(N)=C(\COC(=O)N2CC3(CCC3)C2)N(C)N)ccc1OC1CCCC1. The summed E-state index contributed by atoms with van der Waals surface area (Å²) in [4.78, 5) is 27.7. The highest BCUT2D eigenvalue weighted by Gasteiger charge is 2.49. The summed E-state index contributed by atoms with van der Waals surface area (Å²) in [5, 5.41) is 8.80. The number of carbonyl (C=O) groups excluding carboxylic acids is 1. The van der Waals surface area contributed by atoms with E-state index in [0.29, 0.717) is 22.5 Å². The highest BCUT2D eigenvalue weighted by atomic mass is 16.6. The van der Waals surface area contributed by atoms with Crippen LogP contribution in [0, 0.1) is 12.3 Å². The second-order valence-electron chi connectivity index (χ2n) is 9.56. The highest BCUT2D eigenvalue weighted by molar-refractivity contribution is 5.70. The van der Waals surface area contributed by atoms with Crippen molar-refractivity contribution in [1.29, 1.82) is 0 Å². The summed E-state index contributed by atoms with van der Waals surface area (Å²) in [7, 11) is 1.67. The van der Waals surface area contributed by atoms with Gasteiger partial charge in [-0.3, -0.25) is 4.79 Å². The number of likely N-dealkylation sites (tertiary alicyclic amines) is 1. The first-order chi connectivity index (χ1) is 16.1. The van der Waals surface area contributed by atoms with E-state index in [-0.39, 0.29) is 18.8 Å². The number of hydrogen-bond donors (Lipinski definition) is 3. The van der Waals surface area contributed by atoms with E-state index in [2.05, 4.69) is 4.98 Å². The molecule has 2 saturated carbocycles. The van der Waals surface area contributed by atoms with Crippen molar-refractivity contribution in [3.05, 3.63) is 29.2 Å². The smallest absolute Gasteiger partial charge is 0.410 e. The van der Waals surface area contributed by atoms with Crippen molar-refractivity contribution in [2.45, 2.75) is 64.9 Å². The molecule has 1 aromatic heterocycles. The van der Waals surface area contributed by atoms with Crippen LogP contribution in [0.2, 0.25) is 0 Å². The number of carbonyl (C=O) groups is 2. The minimum Gasteiger partial charge on any atom is -0.489 e. The molecule has 0 unspecified atom stereocenters. The van der Waals surface area contributed by atoms with E-state index in [9.17, 15) is 4.79 Å². The van der Waals surface area contributed by atoms with Gasteiger partial charge in [0.15, 0.2) is 0 Å². The zero-order valence-corrected chi connectivity index (χ0v) is 20.4. The molecule has 34 heavy (non-hydrogen) atoms. The van der Waals surface area contributed by atoms with Crippen LogP contribution in [0.5, 0.6) is 5.75 Å². The second kappa shape index (κ2) is 10.9. The fourth-order valence-corrected chi connectivity index (χ4v) is 4.63. The van der Waals surface area contributed by atoms with Gasteiger partial charge in [0.1, 0.15) is 12.4 Å². The summed E-state index contributed by atoms with van der Waals surface area (Å²) in [6, 6.07) is 3.73. The molecule has 1 saturated heterocycles. The third-order valence-corrected chi connectivity index (χ3v) is 6.70. The van der Waals surface area contributed by atoms with Crippen LogP contribution in [0.15, 0.2) is 17.8 Å². The third-order valence-electron chi connectivity index (χ3n) is 6.70. The average molecular weight is 476 g/mol. The normalized spacial score (nSPS) is 19.2. The van der Waals surface area contributed by atoms with E-state index in [1.807, 2.05) is 19.1 Å². The van der Waals surface area contributed by atoms with Crippen molar-refractivity contribution in [2.75, 3.05) is 26.7 Å². The summed E-state index contributed by atoms with van der Waals surface area (Å²) in [6.07, 6.45) is 8.27. The number of amides is 1. The number of aromatic nitrogens is 1. The van der Waals surface area contributed by atoms with Crippen LogP contribution in [0.25, 0.3) is 5.70 Å². The molecule has 5 N–H and O–H groups in total. The standard InChI is InChI=1S/C22H33N5O3.C2H4O2/c1-15-19(30-16-6-3-4-7-16)9-8-17(25-15)20(23)18(26(2)24)12-29-21(28)27-13-22(14-27)10-5-11-22;1-2(3)4/h8-9,16H,3-7,10-14,23-24H2,1-2H3;1H3,(H,3,4)/b20-18-;. The van der Waals surface area contributed by atoms with Crippen LogP contribution in [0.1, 0.15) is 63.3 Å². The average Bonchev–Trinajstić information content (AvgIpc) is 3.20. The van der Waals surface area contributed by atoms with Crippen LogP contribution in [0.4, 0.5) is 4.79 Å². The van der Waals surface area contributed by atoms with Crippen LogP contribution in [-0.4, -0.2) is 64.9 Å². The topological polar surface area (TPSA) is 144 Å². The Bertz CT molecular complexity index is 910. The van der Waals surface area contributed by atoms with Crippen LogP contribution in [0.3, 0.4) is 0 Å². The zero-order valence-electron chi connectivity index (χ0n) is 20.4. The Hall–Kier alpha value is -3.01. The van der Waals surface area contributed by atoms with Crippen LogP contribution < -0.4 is 16.3 Å². The molecular weight excluding hydrogens is 438 g/mol. The van der Waals surface area contributed by atoms with Gasteiger partial charge in [0.05, 0.1) is 28.9 Å². The van der Waals surface area contributed by atoms with Crippen molar-refractivity contribution in [3.63, 3.8) is 0 Å². The highest BCUT2D eigenvalue weighted by Crippen LogP contribution is 2.48. The van der Waals surface area contributed by atoms with Crippen molar-refractivity contribution >= 4 is 17.8 Å². The lowest BCUT2D eigenvalue weighted by molar-refractivity contribution is -0.134. The summed E-state index contributed by atoms with van der Waals surface area (Å²) in [6.45, 7) is 4.58. The number of nitrogens with two attached hydrogens (primary N) is 2. The van der Waals surface area contributed by atoms with Crippen molar-refractivity contribution in [1.82, 2.24) is 14.9 Å². The molecule has 10 heteroatoms. The van der Waals surface area contributed by atoms with E-state index in [1.165, 1.54) is 37.1 Å². The van der Waals surface area contributed by atoms with Crippen LogP contribution in [-0.2, 0) is 9.53 Å². The number of aliphatic carboxylic acids is 1. The minimum atomic E-state index is -0.833. The summed E-state index contributed by atoms with van der Waals surface area (Å²) >= 11 is 0. The lowest BCUT2D eigenvalue weighted by atomic mass is 9.64. The van der Waals surface area contributed by atoms with Crippen molar-refractivity contribution in [3.8, 4) is 5.75 Å². The maximum Gasteiger partial charge on any atom is 0.410 e. The largest absolute Gasteiger partial charge is 0.489 e. The first-order valence-electron chi connectivity index (χ1n) is 11.8. The van der Waals surface area contributed by atoms with Gasteiger partial charge in [-0.25, -0.2) is 15.6 Å². The van der Waals surface area contributed by atoms with Gasteiger partial charge >= 0.3 is 6.09 Å². The molecule has 1 spiro atoms. The summed E-state index contributed by atoms with van der Waals surface area (Å²) in [5.74, 6) is 5.93. The number of pyridine rings is 1. The fraction of sp³-hybridized carbons (Fsp3) is 0.625. The predicted octanol–water partition coefficient (Wildman–Crippen LogP) is 2.86. The van der Waals surface area contributed by atoms with Crippen LogP contribution >= 0.6 is 0 Å². The molecule has 3 aliphatic rings. The molecule has 2 aliphatic carbocycles. The molecule has 3 fully saturated rings. The molecule has 2 heterocycles. The van der Waals surface area contributed by atoms with E-state index in [4.69, 9.17) is 31.0 Å². The Labute approximate surface area is 200 Å². The molecule has 1 aromatic rings. The van der Waals surface area contributed by atoms with Gasteiger partial charge < -0.3 is 30.2 Å². The Balaban J connectivity index is 0.000000751. The van der Waals surface area contributed by atoms with E-state index in [1.54, 1.807) is 11.9 Å². The number of ether oxygens (including phenoxy) is 2. The first kappa shape index (κ1) is 25.6. The first-order valence-corrected chi connectivity index (χ1v) is 11.8. The predicted molar refractivity (Wildman–Crippen MR) is 127 cm³/mol. The van der Waals surface area contributed by atoms with Gasteiger partial charge in [0.25, 0.3) is 5.97 Å². The van der Waals surface area contributed by atoms with Gasteiger partial charge in [-0.15, -0.1) is 0 Å². The van der Waals surface area contributed by atoms with E-state index < -0.39 is 5.97 Å². The molecule has 0 aromatic carbocycles. The molecule has 188 valence electrons. The molecular formula is C24H37N5O5. The second-order valence-corrected chi connectivity index (χ2v) is 9.56. The molecule has 4 rings (SSSR count). The van der Waals surface area contributed by atoms with Gasteiger partial charge in [0, 0.05) is 32.5 Å². The number of nitrogens with zero attached hydrogens (tertiary/aromatic N) is 3. The number of hydrogen-bond acceptors (Lipinski definition) is 8. The Kier molecular flexibility index (Phi) is 8.24. The summed E-state index contributed by atoms with van der Waals surface area (Å²) in [5.41, 5.74) is 9.00. The van der Waals surface area contributed by atoms with Gasteiger partial charge in [-0.1, -0.05) is 6.42 Å². The number of rotatable bonds is 6.